The van der Waals surface area contributed by atoms with Gasteiger partial charge in [-0.2, -0.15) is 26.3 Å². The fraction of sp³-hybridized carbons (Fsp3) is 0.519. The van der Waals surface area contributed by atoms with E-state index in [1.54, 1.807) is 0 Å². The van der Waals surface area contributed by atoms with E-state index in [4.69, 9.17) is 4.74 Å². The standard InChI is InChI=1S/C27H29F6NO2/c28-26(29,30)21-12-18(13-22(14-21)27(31,32)33)16-36-17-25(20-6-2-1-3-7-20)11-10-19(15-34-25)23-8-4-5-9-24(23)35/h1-3,6-7,12-14,19,23,34H,4-5,8-11,15-17H2/t19-,23?,25+/m0/s1. The highest BCUT2D eigenvalue weighted by Crippen LogP contribution is 2.39. The molecule has 1 saturated carbocycles. The molecule has 0 radical (unpaired) electrons. The Labute approximate surface area is 206 Å². The van der Waals surface area contributed by atoms with Crippen molar-refractivity contribution in [3.05, 3.63) is 70.8 Å². The molecule has 2 aliphatic rings. The van der Waals surface area contributed by atoms with Crippen molar-refractivity contribution in [2.75, 3.05) is 13.2 Å². The van der Waals surface area contributed by atoms with E-state index >= 15 is 0 Å². The topological polar surface area (TPSA) is 38.3 Å². The van der Waals surface area contributed by atoms with Crippen LogP contribution < -0.4 is 5.32 Å². The van der Waals surface area contributed by atoms with Crippen LogP contribution in [-0.2, 0) is 34.0 Å². The van der Waals surface area contributed by atoms with E-state index < -0.39 is 35.6 Å². The largest absolute Gasteiger partial charge is 0.416 e. The average molecular weight is 514 g/mol. The van der Waals surface area contributed by atoms with Gasteiger partial charge in [0.25, 0.3) is 0 Å². The second kappa shape index (κ2) is 10.5. The lowest BCUT2D eigenvalue weighted by molar-refractivity contribution is -0.143. The molecule has 1 heterocycles. The van der Waals surface area contributed by atoms with Gasteiger partial charge in [-0.3, -0.25) is 4.79 Å². The Hall–Kier alpha value is -2.39. The number of carbonyl (C=O) groups is 1. The van der Waals surface area contributed by atoms with Crippen LogP contribution in [0.2, 0.25) is 0 Å². The van der Waals surface area contributed by atoms with Gasteiger partial charge < -0.3 is 10.1 Å². The van der Waals surface area contributed by atoms with Gasteiger partial charge in [0.1, 0.15) is 5.78 Å². The molecule has 0 aromatic heterocycles. The van der Waals surface area contributed by atoms with Gasteiger partial charge in [0.15, 0.2) is 0 Å². The highest BCUT2D eigenvalue weighted by atomic mass is 19.4. The van der Waals surface area contributed by atoms with Crippen molar-refractivity contribution >= 4 is 5.78 Å². The molecule has 3 atom stereocenters. The minimum Gasteiger partial charge on any atom is -0.374 e. The first-order valence-corrected chi connectivity index (χ1v) is 12.2. The van der Waals surface area contributed by atoms with E-state index in [1.165, 1.54) is 0 Å². The molecule has 196 valence electrons. The van der Waals surface area contributed by atoms with Gasteiger partial charge in [0, 0.05) is 12.3 Å². The first kappa shape index (κ1) is 26.7. The second-order valence-electron chi connectivity index (χ2n) is 9.85. The molecule has 9 heteroatoms. The van der Waals surface area contributed by atoms with Crippen LogP contribution in [-0.4, -0.2) is 18.9 Å². The van der Waals surface area contributed by atoms with E-state index in [-0.39, 0.29) is 30.1 Å². The zero-order chi connectivity index (χ0) is 26.0. The quantitative estimate of drug-likeness (QED) is 0.428. The van der Waals surface area contributed by atoms with E-state index in [1.807, 2.05) is 30.3 Å². The van der Waals surface area contributed by atoms with Gasteiger partial charge in [-0.1, -0.05) is 36.8 Å². The van der Waals surface area contributed by atoms with Crippen LogP contribution in [0.25, 0.3) is 0 Å². The van der Waals surface area contributed by atoms with Gasteiger partial charge in [0.05, 0.1) is 29.9 Å². The van der Waals surface area contributed by atoms with E-state index in [0.29, 0.717) is 37.3 Å². The molecule has 4 rings (SSSR count). The molecule has 2 fully saturated rings. The van der Waals surface area contributed by atoms with Gasteiger partial charge in [-0.25, -0.2) is 0 Å². The van der Waals surface area contributed by atoms with Crippen LogP contribution in [0.1, 0.15) is 60.8 Å². The van der Waals surface area contributed by atoms with Crippen molar-refractivity contribution in [2.24, 2.45) is 11.8 Å². The summed E-state index contributed by atoms with van der Waals surface area (Å²) in [5.41, 5.74) is -2.63. The van der Waals surface area contributed by atoms with E-state index in [0.717, 1.165) is 31.2 Å². The summed E-state index contributed by atoms with van der Waals surface area (Å²) in [5.74, 6) is 0.542. The summed E-state index contributed by atoms with van der Waals surface area (Å²) in [7, 11) is 0. The molecule has 1 N–H and O–H groups in total. The number of rotatable bonds is 6. The van der Waals surface area contributed by atoms with Crippen molar-refractivity contribution in [3.8, 4) is 0 Å². The van der Waals surface area contributed by atoms with Crippen molar-refractivity contribution in [2.45, 2.75) is 63.0 Å². The minimum atomic E-state index is -4.90. The number of piperidine rings is 1. The molecular formula is C27H29F6NO2. The Morgan fingerprint density at radius 2 is 1.58 bits per heavy atom. The van der Waals surface area contributed by atoms with Crippen molar-refractivity contribution in [1.82, 2.24) is 5.32 Å². The van der Waals surface area contributed by atoms with Crippen LogP contribution in [0.15, 0.2) is 48.5 Å². The highest BCUT2D eigenvalue weighted by molar-refractivity contribution is 5.82. The van der Waals surface area contributed by atoms with Crippen molar-refractivity contribution in [3.63, 3.8) is 0 Å². The fourth-order valence-corrected chi connectivity index (χ4v) is 5.46. The average Bonchev–Trinajstić information content (AvgIpc) is 2.84. The lowest BCUT2D eigenvalue weighted by Gasteiger charge is -2.44. The summed E-state index contributed by atoms with van der Waals surface area (Å²) in [6.07, 6.45) is -4.91. The first-order valence-electron chi connectivity index (χ1n) is 12.2. The number of hydrogen-bond acceptors (Lipinski definition) is 3. The minimum absolute atomic E-state index is 0.0341. The summed E-state index contributed by atoms with van der Waals surface area (Å²) in [4.78, 5) is 12.4. The predicted octanol–water partition coefficient (Wildman–Crippen LogP) is 6.90. The SMILES string of the molecule is O=C1CCCCC1[C@H]1CC[C@@](COCc2cc(C(F)(F)F)cc(C(F)(F)F)c2)(c2ccccc2)NC1. The van der Waals surface area contributed by atoms with Gasteiger partial charge in [-0.05, 0) is 67.5 Å². The zero-order valence-corrected chi connectivity index (χ0v) is 19.7. The first-order chi connectivity index (χ1) is 17.0. The zero-order valence-electron chi connectivity index (χ0n) is 19.7. The van der Waals surface area contributed by atoms with Crippen LogP contribution in [0.3, 0.4) is 0 Å². The molecule has 2 aromatic rings. The van der Waals surface area contributed by atoms with Crippen molar-refractivity contribution < 1.29 is 35.9 Å². The number of hydrogen-bond donors (Lipinski definition) is 1. The molecule has 1 saturated heterocycles. The number of Topliss-reactive ketones (excluding diaryl/α,β-unsaturated/α-hetero) is 1. The molecule has 2 aromatic carbocycles. The maximum atomic E-state index is 13.2. The van der Waals surface area contributed by atoms with E-state index in [2.05, 4.69) is 5.32 Å². The monoisotopic (exact) mass is 513 g/mol. The Morgan fingerprint density at radius 3 is 2.14 bits per heavy atom. The Bertz CT molecular complexity index is 1010. The summed E-state index contributed by atoms with van der Waals surface area (Å²) < 4.78 is 85.0. The molecule has 1 aliphatic carbocycles. The lowest BCUT2D eigenvalue weighted by atomic mass is 9.71. The molecule has 1 aliphatic heterocycles. The Balaban J connectivity index is 1.50. The lowest BCUT2D eigenvalue weighted by Crippen LogP contribution is -2.53. The number of nitrogens with one attached hydrogen (secondary N) is 1. The van der Waals surface area contributed by atoms with Gasteiger partial charge in [0.2, 0.25) is 0 Å². The molecule has 3 nitrogen and oxygen atoms in total. The maximum absolute atomic E-state index is 13.2. The highest BCUT2D eigenvalue weighted by Gasteiger charge is 2.41. The molecule has 1 unspecified atom stereocenters. The summed E-state index contributed by atoms with van der Waals surface area (Å²) in [6.45, 7) is 0.268. The van der Waals surface area contributed by atoms with Crippen LogP contribution in [0, 0.1) is 11.8 Å². The molecule has 0 amide bonds. The maximum Gasteiger partial charge on any atom is 0.416 e. The van der Waals surface area contributed by atoms with Gasteiger partial charge >= 0.3 is 12.4 Å². The summed E-state index contributed by atoms with van der Waals surface area (Å²) >= 11 is 0. The summed E-state index contributed by atoms with van der Waals surface area (Å²) in [5, 5.41) is 3.54. The molecular weight excluding hydrogens is 484 g/mol. The summed E-state index contributed by atoms with van der Waals surface area (Å²) in [6, 6.07) is 11.0. The number of ether oxygens (including phenoxy) is 1. The van der Waals surface area contributed by atoms with E-state index in [9.17, 15) is 31.1 Å². The van der Waals surface area contributed by atoms with Crippen LogP contribution in [0.5, 0.6) is 0 Å². The fourth-order valence-electron chi connectivity index (χ4n) is 5.46. The third-order valence-corrected chi connectivity index (χ3v) is 7.41. The number of alkyl halides is 6. The molecule has 0 spiro atoms. The third-order valence-electron chi connectivity index (χ3n) is 7.41. The van der Waals surface area contributed by atoms with Crippen LogP contribution in [0.4, 0.5) is 26.3 Å². The number of ketones is 1. The number of carbonyl (C=O) groups excluding carboxylic acids is 1. The number of benzene rings is 2. The van der Waals surface area contributed by atoms with Crippen LogP contribution >= 0.6 is 0 Å². The second-order valence-corrected chi connectivity index (χ2v) is 9.85. The smallest absolute Gasteiger partial charge is 0.374 e. The van der Waals surface area contributed by atoms with Crippen molar-refractivity contribution in [1.29, 1.82) is 0 Å². The number of halogens is 6. The normalized spacial score (nSPS) is 25.7. The Morgan fingerprint density at radius 1 is 0.917 bits per heavy atom. The van der Waals surface area contributed by atoms with Gasteiger partial charge in [-0.15, -0.1) is 0 Å². The molecule has 0 bridgehead atoms. The third kappa shape index (κ3) is 6.11. The predicted molar refractivity (Wildman–Crippen MR) is 122 cm³/mol. The Kier molecular flexibility index (Phi) is 7.80. The molecule has 36 heavy (non-hydrogen) atoms.